The van der Waals surface area contributed by atoms with Gasteiger partial charge in [-0.15, -0.1) is 0 Å². The molecule has 2 nitrogen and oxygen atoms in total. The zero-order valence-corrected chi connectivity index (χ0v) is 14.5. The van der Waals surface area contributed by atoms with Crippen molar-refractivity contribution in [3.05, 3.63) is 28.2 Å². The van der Waals surface area contributed by atoms with Gasteiger partial charge in [-0.2, -0.15) is 0 Å². The molecule has 0 radical (unpaired) electrons. The molecule has 0 heterocycles. The molecule has 1 N–H and O–H groups in total. The van der Waals surface area contributed by atoms with Crippen molar-refractivity contribution in [3.8, 4) is 0 Å². The summed E-state index contributed by atoms with van der Waals surface area (Å²) in [5.74, 6) is 0.870. The Morgan fingerprint density at radius 1 is 1.30 bits per heavy atom. The highest BCUT2D eigenvalue weighted by molar-refractivity contribution is 9.10. The topological polar surface area (TPSA) is 15.3 Å². The zero-order chi connectivity index (χ0) is 14.5. The van der Waals surface area contributed by atoms with Crippen molar-refractivity contribution in [2.75, 3.05) is 25.5 Å². The van der Waals surface area contributed by atoms with Crippen LogP contribution >= 0.6 is 15.9 Å². The molecule has 0 spiro atoms. The molecule has 1 aliphatic carbocycles. The minimum Gasteiger partial charge on any atom is -0.374 e. The largest absolute Gasteiger partial charge is 0.374 e. The van der Waals surface area contributed by atoms with E-state index in [-0.39, 0.29) is 0 Å². The van der Waals surface area contributed by atoms with Crippen LogP contribution in [0.25, 0.3) is 0 Å². The molecule has 3 heteroatoms. The van der Waals surface area contributed by atoms with Crippen LogP contribution in [0.1, 0.15) is 50.6 Å². The molecule has 1 atom stereocenters. The standard InChI is InChI=1S/C17H27BrN2/c1-13(19-2)16-11-15(18)9-10-17(16)20(3)12-14-7-5-4-6-8-14/h9-11,13-14,19H,4-8,12H2,1-3H3. The summed E-state index contributed by atoms with van der Waals surface area (Å²) in [6.45, 7) is 3.41. The Morgan fingerprint density at radius 2 is 2.00 bits per heavy atom. The Hall–Kier alpha value is -0.540. The van der Waals surface area contributed by atoms with Crippen LogP contribution in [0.15, 0.2) is 22.7 Å². The fourth-order valence-electron chi connectivity index (χ4n) is 3.23. The van der Waals surface area contributed by atoms with Gasteiger partial charge in [-0.25, -0.2) is 0 Å². The van der Waals surface area contributed by atoms with Crippen molar-refractivity contribution >= 4 is 21.6 Å². The van der Waals surface area contributed by atoms with Gasteiger partial charge in [0.05, 0.1) is 0 Å². The molecule has 1 aromatic carbocycles. The van der Waals surface area contributed by atoms with E-state index >= 15 is 0 Å². The number of anilines is 1. The van der Waals surface area contributed by atoms with E-state index in [1.165, 1.54) is 49.9 Å². The Labute approximate surface area is 132 Å². The van der Waals surface area contributed by atoms with Gasteiger partial charge in [0.2, 0.25) is 0 Å². The van der Waals surface area contributed by atoms with Crippen molar-refractivity contribution in [2.45, 2.75) is 45.1 Å². The highest BCUT2D eigenvalue weighted by Crippen LogP contribution is 2.31. The van der Waals surface area contributed by atoms with E-state index < -0.39 is 0 Å². The number of hydrogen-bond acceptors (Lipinski definition) is 2. The van der Waals surface area contributed by atoms with E-state index in [0.29, 0.717) is 6.04 Å². The summed E-state index contributed by atoms with van der Waals surface area (Å²) in [5.41, 5.74) is 2.74. The maximum atomic E-state index is 3.60. The molecule has 20 heavy (non-hydrogen) atoms. The van der Waals surface area contributed by atoms with Crippen LogP contribution in [-0.4, -0.2) is 20.6 Å². The van der Waals surface area contributed by atoms with E-state index in [0.717, 1.165) is 10.4 Å². The van der Waals surface area contributed by atoms with Crippen LogP contribution in [0, 0.1) is 5.92 Å². The normalized spacial score (nSPS) is 18.0. The minimum absolute atomic E-state index is 0.372. The van der Waals surface area contributed by atoms with Crippen molar-refractivity contribution in [1.82, 2.24) is 5.32 Å². The van der Waals surface area contributed by atoms with Crippen LogP contribution in [0.3, 0.4) is 0 Å². The van der Waals surface area contributed by atoms with Crippen LogP contribution in [0.2, 0.25) is 0 Å². The number of benzene rings is 1. The van der Waals surface area contributed by atoms with Crippen LogP contribution in [0.4, 0.5) is 5.69 Å². The molecule has 112 valence electrons. The third-order valence-corrected chi connectivity index (χ3v) is 5.05. The number of halogens is 1. The van der Waals surface area contributed by atoms with E-state index in [2.05, 4.69) is 58.3 Å². The molecule has 1 aromatic rings. The average molecular weight is 339 g/mol. The van der Waals surface area contributed by atoms with Crippen LogP contribution in [-0.2, 0) is 0 Å². The summed E-state index contributed by atoms with van der Waals surface area (Å²) in [4.78, 5) is 2.45. The van der Waals surface area contributed by atoms with Crippen molar-refractivity contribution in [1.29, 1.82) is 0 Å². The van der Waals surface area contributed by atoms with E-state index in [9.17, 15) is 0 Å². The number of nitrogens with zero attached hydrogens (tertiary/aromatic N) is 1. The first-order valence-corrected chi connectivity index (χ1v) is 8.59. The summed E-state index contributed by atoms with van der Waals surface area (Å²) in [6.07, 6.45) is 7.06. The lowest BCUT2D eigenvalue weighted by atomic mass is 9.89. The first kappa shape index (κ1) is 15.8. The van der Waals surface area contributed by atoms with Gasteiger partial charge in [0, 0.05) is 29.8 Å². The van der Waals surface area contributed by atoms with E-state index in [1.54, 1.807) is 0 Å². The molecule has 0 saturated heterocycles. The molecule has 0 amide bonds. The van der Waals surface area contributed by atoms with Crippen LogP contribution < -0.4 is 10.2 Å². The van der Waals surface area contributed by atoms with Gasteiger partial charge < -0.3 is 10.2 Å². The summed E-state index contributed by atoms with van der Waals surface area (Å²) < 4.78 is 1.16. The zero-order valence-electron chi connectivity index (χ0n) is 13.0. The smallest absolute Gasteiger partial charge is 0.0412 e. The molecule has 1 unspecified atom stereocenters. The Kier molecular flexibility index (Phi) is 5.91. The van der Waals surface area contributed by atoms with Gasteiger partial charge in [0.15, 0.2) is 0 Å². The Bertz CT molecular complexity index is 427. The fraction of sp³-hybridized carbons (Fsp3) is 0.647. The maximum absolute atomic E-state index is 3.60. The average Bonchev–Trinajstić information content (AvgIpc) is 2.47. The first-order valence-electron chi connectivity index (χ1n) is 7.79. The Morgan fingerprint density at radius 3 is 2.65 bits per heavy atom. The second kappa shape index (κ2) is 7.46. The van der Waals surface area contributed by atoms with Gasteiger partial charge in [-0.05, 0) is 56.5 Å². The monoisotopic (exact) mass is 338 g/mol. The molecule has 0 aromatic heterocycles. The summed E-state index contributed by atoms with van der Waals surface area (Å²) in [7, 11) is 4.26. The lowest BCUT2D eigenvalue weighted by molar-refractivity contribution is 0.362. The molecular formula is C17H27BrN2. The predicted molar refractivity (Wildman–Crippen MR) is 91.5 cm³/mol. The highest BCUT2D eigenvalue weighted by Gasteiger charge is 2.18. The lowest BCUT2D eigenvalue weighted by Crippen LogP contribution is -2.28. The lowest BCUT2D eigenvalue weighted by Gasteiger charge is -2.31. The maximum Gasteiger partial charge on any atom is 0.0412 e. The van der Waals surface area contributed by atoms with Gasteiger partial charge in [-0.1, -0.05) is 35.2 Å². The van der Waals surface area contributed by atoms with Gasteiger partial charge in [0.1, 0.15) is 0 Å². The minimum atomic E-state index is 0.372. The Balaban J connectivity index is 2.13. The molecule has 1 aliphatic rings. The molecule has 1 fully saturated rings. The SMILES string of the molecule is CNC(C)c1cc(Br)ccc1N(C)CC1CCCCC1. The summed E-state index contributed by atoms with van der Waals surface area (Å²) in [6, 6.07) is 7.01. The van der Waals surface area contributed by atoms with Crippen LogP contribution in [0.5, 0.6) is 0 Å². The molecule has 1 saturated carbocycles. The van der Waals surface area contributed by atoms with Gasteiger partial charge in [-0.3, -0.25) is 0 Å². The number of nitrogens with one attached hydrogen (secondary N) is 1. The summed E-state index contributed by atoms with van der Waals surface area (Å²) in [5, 5.41) is 3.36. The molecule has 0 aliphatic heterocycles. The number of hydrogen-bond donors (Lipinski definition) is 1. The third-order valence-electron chi connectivity index (χ3n) is 4.56. The molecule has 0 bridgehead atoms. The molecule has 2 rings (SSSR count). The van der Waals surface area contributed by atoms with Gasteiger partial charge in [0.25, 0.3) is 0 Å². The molecular weight excluding hydrogens is 312 g/mol. The second-order valence-corrected chi connectivity index (χ2v) is 7.01. The number of rotatable bonds is 5. The summed E-state index contributed by atoms with van der Waals surface area (Å²) >= 11 is 3.60. The van der Waals surface area contributed by atoms with E-state index in [1.807, 2.05) is 7.05 Å². The first-order chi connectivity index (χ1) is 9.61. The van der Waals surface area contributed by atoms with Crippen molar-refractivity contribution in [3.63, 3.8) is 0 Å². The quantitative estimate of drug-likeness (QED) is 0.833. The fourth-order valence-corrected chi connectivity index (χ4v) is 3.61. The van der Waals surface area contributed by atoms with Gasteiger partial charge >= 0.3 is 0 Å². The van der Waals surface area contributed by atoms with Crippen molar-refractivity contribution < 1.29 is 0 Å². The predicted octanol–water partition coefficient (Wildman–Crippen LogP) is 4.75. The van der Waals surface area contributed by atoms with Crippen molar-refractivity contribution in [2.24, 2.45) is 5.92 Å². The third kappa shape index (κ3) is 3.98. The highest BCUT2D eigenvalue weighted by atomic mass is 79.9. The second-order valence-electron chi connectivity index (χ2n) is 6.10. The van der Waals surface area contributed by atoms with E-state index in [4.69, 9.17) is 0 Å².